The van der Waals surface area contributed by atoms with Crippen LogP contribution in [0.15, 0.2) is 42.5 Å². The summed E-state index contributed by atoms with van der Waals surface area (Å²) in [6, 6.07) is 13.8. The Hall–Kier alpha value is -1.74. The maximum absolute atomic E-state index is 6.17. The average Bonchev–Trinajstić information content (AvgIpc) is 2.39. The van der Waals surface area contributed by atoms with Crippen molar-refractivity contribution in [2.45, 2.75) is 13.0 Å². The van der Waals surface area contributed by atoms with Gasteiger partial charge in [-0.05, 0) is 30.7 Å². The monoisotopic (exact) mass is 261 g/mol. The Balaban J connectivity index is 2.16. The zero-order valence-electron chi connectivity index (χ0n) is 10.4. The lowest BCUT2D eigenvalue weighted by Gasteiger charge is -2.16. The summed E-state index contributed by atoms with van der Waals surface area (Å²) in [5.41, 5.74) is 1.07. The summed E-state index contributed by atoms with van der Waals surface area (Å²) >= 11 is 6.17. The first kappa shape index (κ1) is 12.7. The molecule has 2 aromatic rings. The molecule has 0 amide bonds. The second-order valence-corrected chi connectivity index (χ2v) is 4.45. The molecule has 0 aliphatic rings. The maximum Gasteiger partial charge on any atom is 0.128 e. The van der Waals surface area contributed by atoms with E-state index in [2.05, 4.69) is 22.5 Å². The summed E-state index contributed by atoms with van der Waals surface area (Å²) in [6.07, 6.45) is 0. The maximum atomic E-state index is 6.17. The van der Waals surface area contributed by atoms with E-state index in [4.69, 9.17) is 11.6 Å². The molecule has 94 valence electrons. The molecule has 0 spiro atoms. The molecule has 0 radical (unpaired) electrons. The molecule has 1 aromatic heterocycles. The summed E-state index contributed by atoms with van der Waals surface area (Å²) in [4.78, 5) is 4.42. The Labute approximate surface area is 112 Å². The van der Waals surface area contributed by atoms with Gasteiger partial charge in [-0.15, -0.1) is 0 Å². The van der Waals surface area contributed by atoms with Crippen LogP contribution in [0, 0.1) is 0 Å². The topological polar surface area (TPSA) is 37.0 Å². The van der Waals surface area contributed by atoms with E-state index in [1.807, 2.05) is 49.5 Å². The van der Waals surface area contributed by atoms with Gasteiger partial charge in [0.2, 0.25) is 0 Å². The lowest BCUT2D eigenvalue weighted by molar-refractivity contribution is 0.875. The molecule has 0 fully saturated rings. The number of nitrogens with one attached hydrogen (secondary N) is 2. The molecule has 1 atom stereocenters. The summed E-state index contributed by atoms with van der Waals surface area (Å²) in [7, 11) is 1.85. The summed E-state index contributed by atoms with van der Waals surface area (Å²) in [5.74, 6) is 1.67. The predicted molar refractivity (Wildman–Crippen MR) is 77.3 cm³/mol. The lowest BCUT2D eigenvalue weighted by Crippen LogP contribution is -2.08. The SMILES string of the molecule is CNc1cccc(NC(C)c2ccccc2Cl)n1. The van der Waals surface area contributed by atoms with Crippen LogP contribution in [0.5, 0.6) is 0 Å². The Morgan fingerprint density at radius 1 is 1.06 bits per heavy atom. The molecule has 0 aliphatic heterocycles. The second-order valence-electron chi connectivity index (χ2n) is 4.05. The smallest absolute Gasteiger partial charge is 0.128 e. The molecule has 0 bridgehead atoms. The van der Waals surface area contributed by atoms with E-state index in [1.165, 1.54) is 0 Å². The molecular formula is C14H16ClN3. The van der Waals surface area contributed by atoms with Crippen LogP contribution in [0.1, 0.15) is 18.5 Å². The van der Waals surface area contributed by atoms with Crippen molar-refractivity contribution >= 4 is 23.2 Å². The first-order valence-electron chi connectivity index (χ1n) is 5.86. The van der Waals surface area contributed by atoms with Crippen LogP contribution < -0.4 is 10.6 Å². The van der Waals surface area contributed by atoms with Gasteiger partial charge in [0.1, 0.15) is 11.6 Å². The van der Waals surface area contributed by atoms with Gasteiger partial charge in [0.25, 0.3) is 0 Å². The van der Waals surface area contributed by atoms with Gasteiger partial charge in [0.05, 0.1) is 6.04 Å². The highest BCUT2D eigenvalue weighted by atomic mass is 35.5. The highest BCUT2D eigenvalue weighted by Gasteiger charge is 2.09. The van der Waals surface area contributed by atoms with Gasteiger partial charge in [-0.25, -0.2) is 4.98 Å². The number of benzene rings is 1. The van der Waals surface area contributed by atoms with Crippen molar-refractivity contribution in [3.63, 3.8) is 0 Å². The molecule has 2 rings (SSSR count). The average molecular weight is 262 g/mol. The number of hydrogen-bond donors (Lipinski definition) is 2. The second kappa shape index (κ2) is 5.74. The van der Waals surface area contributed by atoms with E-state index in [9.17, 15) is 0 Å². The minimum absolute atomic E-state index is 0.110. The fraction of sp³-hybridized carbons (Fsp3) is 0.214. The summed E-state index contributed by atoms with van der Waals surface area (Å²) in [6.45, 7) is 2.06. The lowest BCUT2D eigenvalue weighted by atomic mass is 10.1. The Morgan fingerprint density at radius 2 is 1.78 bits per heavy atom. The van der Waals surface area contributed by atoms with E-state index in [0.717, 1.165) is 22.2 Å². The van der Waals surface area contributed by atoms with Crippen LogP contribution in [-0.2, 0) is 0 Å². The van der Waals surface area contributed by atoms with Crippen LogP contribution in [0.3, 0.4) is 0 Å². The third kappa shape index (κ3) is 2.93. The van der Waals surface area contributed by atoms with Crippen LogP contribution in [0.4, 0.5) is 11.6 Å². The van der Waals surface area contributed by atoms with Crippen molar-refractivity contribution in [2.75, 3.05) is 17.7 Å². The Kier molecular flexibility index (Phi) is 4.05. The fourth-order valence-corrected chi connectivity index (χ4v) is 2.08. The van der Waals surface area contributed by atoms with Crippen molar-refractivity contribution in [2.24, 2.45) is 0 Å². The molecular weight excluding hydrogens is 246 g/mol. The number of pyridine rings is 1. The van der Waals surface area contributed by atoms with E-state index < -0.39 is 0 Å². The standard InChI is InChI=1S/C14H16ClN3/c1-10(11-6-3-4-7-12(11)15)17-14-9-5-8-13(16-2)18-14/h3-10H,1-2H3,(H2,16,17,18). The van der Waals surface area contributed by atoms with Crippen molar-refractivity contribution < 1.29 is 0 Å². The number of rotatable bonds is 4. The van der Waals surface area contributed by atoms with Gasteiger partial charge in [0, 0.05) is 12.1 Å². The third-order valence-electron chi connectivity index (χ3n) is 2.74. The number of anilines is 2. The van der Waals surface area contributed by atoms with E-state index in [1.54, 1.807) is 0 Å². The Morgan fingerprint density at radius 3 is 2.50 bits per heavy atom. The van der Waals surface area contributed by atoms with Gasteiger partial charge in [-0.3, -0.25) is 0 Å². The molecule has 1 unspecified atom stereocenters. The van der Waals surface area contributed by atoms with Gasteiger partial charge in [0.15, 0.2) is 0 Å². The number of hydrogen-bond acceptors (Lipinski definition) is 3. The van der Waals surface area contributed by atoms with Gasteiger partial charge in [-0.1, -0.05) is 35.9 Å². The van der Waals surface area contributed by atoms with Crippen molar-refractivity contribution in [1.29, 1.82) is 0 Å². The zero-order valence-corrected chi connectivity index (χ0v) is 11.2. The summed E-state index contributed by atoms with van der Waals surface area (Å²) in [5, 5.41) is 7.12. The number of aromatic nitrogens is 1. The van der Waals surface area contributed by atoms with Crippen LogP contribution in [0.25, 0.3) is 0 Å². The van der Waals surface area contributed by atoms with Gasteiger partial charge >= 0.3 is 0 Å². The number of nitrogens with zero attached hydrogens (tertiary/aromatic N) is 1. The zero-order chi connectivity index (χ0) is 13.0. The molecule has 0 saturated heterocycles. The van der Waals surface area contributed by atoms with Crippen molar-refractivity contribution in [1.82, 2.24) is 4.98 Å². The molecule has 1 aromatic carbocycles. The third-order valence-corrected chi connectivity index (χ3v) is 3.09. The highest BCUT2D eigenvalue weighted by Crippen LogP contribution is 2.25. The van der Waals surface area contributed by atoms with Crippen LogP contribution in [0.2, 0.25) is 5.02 Å². The minimum atomic E-state index is 0.110. The van der Waals surface area contributed by atoms with E-state index in [0.29, 0.717) is 0 Å². The molecule has 18 heavy (non-hydrogen) atoms. The van der Waals surface area contributed by atoms with Crippen LogP contribution in [-0.4, -0.2) is 12.0 Å². The first-order chi connectivity index (χ1) is 8.70. The summed E-state index contributed by atoms with van der Waals surface area (Å²) < 4.78 is 0. The van der Waals surface area contributed by atoms with Crippen LogP contribution >= 0.6 is 11.6 Å². The number of halogens is 1. The molecule has 2 N–H and O–H groups in total. The van der Waals surface area contributed by atoms with Crippen molar-refractivity contribution in [3.8, 4) is 0 Å². The van der Waals surface area contributed by atoms with E-state index >= 15 is 0 Å². The minimum Gasteiger partial charge on any atom is -0.373 e. The Bertz CT molecular complexity index is 528. The molecule has 0 saturated carbocycles. The quantitative estimate of drug-likeness (QED) is 0.875. The molecule has 0 aliphatic carbocycles. The largest absolute Gasteiger partial charge is 0.373 e. The molecule has 1 heterocycles. The van der Waals surface area contributed by atoms with Gasteiger partial charge in [-0.2, -0.15) is 0 Å². The normalized spacial score (nSPS) is 11.9. The fourth-order valence-electron chi connectivity index (χ4n) is 1.78. The van der Waals surface area contributed by atoms with Gasteiger partial charge < -0.3 is 10.6 Å². The van der Waals surface area contributed by atoms with Crippen molar-refractivity contribution in [3.05, 3.63) is 53.1 Å². The highest BCUT2D eigenvalue weighted by molar-refractivity contribution is 6.31. The molecule has 4 heteroatoms. The predicted octanol–water partition coefficient (Wildman–Crippen LogP) is 3.95. The first-order valence-corrected chi connectivity index (χ1v) is 6.24. The van der Waals surface area contributed by atoms with E-state index in [-0.39, 0.29) is 6.04 Å². The molecule has 3 nitrogen and oxygen atoms in total.